The van der Waals surface area contributed by atoms with Crippen molar-refractivity contribution in [2.45, 2.75) is 145 Å². The van der Waals surface area contributed by atoms with Crippen molar-refractivity contribution in [3.05, 3.63) is 102 Å². The molecule has 3 heterocycles. The van der Waals surface area contributed by atoms with Gasteiger partial charge in [-0.1, -0.05) is 81.3 Å². The Balaban J connectivity index is 1.24. The van der Waals surface area contributed by atoms with Crippen LogP contribution < -0.4 is 42.4 Å². The number of hydrogen-bond acceptors (Lipinski definition) is 18. The quantitative estimate of drug-likeness (QED) is 0.0245. The van der Waals surface area contributed by atoms with Crippen molar-refractivity contribution in [2.75, 3.05) is 59.7 Å². The number of fused-ring (bicyclic) bond motifs is 2. The molecule has 7 rings (SSSR count). The minimum absolute atomic E-state index is 0.0571. The van der Waals surface area contributed by atoms with E-state index in [2.05, 4.69) is 38.8 Å². The Morgan fingerprint density at radius 1 is 0.697 bits per heavy atom. The molecular weight excluding hydrogens is 1150 g/mol. The molecule has 4 aromatic carbocycles. The summed E-state index contributed by atoms with van der Waals surface area (Å²) >= 11 is 0. The highest BCUT2D eigenvalue weighted by Gasteiger charge is 2.50. The Morgan fingerprint density at radius 2 is 1.25 bits per heavy atom. The first-order valence-electron chi connectivity index (χ1n) is 30.0. The van der Waals surface area contributed by atoms with E-state index in [4.69, 9.17) is 10.5 Å². The number of nitrogens with one attached hydrogen (secondary N) is 6. The lowest BCUT2D eigenvalue weighted by Gasteiger charge is -2.34. The van der Waals surface area contributed by atoms with Gasteiger partial charge in [0, 0.05) is 44.0 Å². The molecule has 3 fully saturated rings. The topological polar surface area (TPSA) is 395 Å². The van der Waals surface area contributed by atoms with E-state index in [0.29, 0.717) is 17.6 Å². The van der Waals surface area contributed by atoms with Crippen LogP contribution in [-0.4, -0.2) is 229 Å². The molecule has 3 aliphatic heterocycles. The largest absolute Gasteiger partial charge is 0.506 e. The SMILES string of the molecule is CCCCCOc1ccc(-c2ccc(-c3ccc(C(=O)N[C@H]4C[C@@H](O)[C@@H](NCC[N+](C)(C)C)NC(=O)[C@@H]5[C@@H](O)[C@@H](C)CN5C(=O)[C@H]([C@@H](C)O)NC(=O)[C@H]([C@H](O)[C@@H](O)c5ccc(O)c(N)c5)NC(=O)[C@@H]5C[C@@H](O)CN5C(=O)[C@H]([C@@H](C)O)NC4=O)cc3)cc2)cc1. The number of amides is 7. The van der Waals surface area contributed by atoms with Crippen molar-refractivity contribution in [2.24, 2.45) is 5.92 Å². The van der Waals surface area contributed by atoms with Crippen LogP contribution in [0.2, 0.25) is 0 Å². The number of likely N-dealkylation sites (N-methyl/N-ethyl adjacent to an activating group) is 1. The number of aromatic hydroxyl groups is 1. The lowest BCUT2D eigenvalue weighted by Crippen LogP contribution is -2.64. The average Bonchev–Trinajstić information content (AvgIpc) is 3.88. The summed E-state index contributed by atoms with van der Waals surface area (Å²) in [5, 5.41) is 106. The van der Waals surface area contributed by atoms with Crippen LogP contribution in [0.1, 0.15) is 81.8 Å². The number of rotatable bonds is 18. The van der Waals surface area contributed by atoms with Gasteiger partial charge < -0.3 is 92.2 Å². The molecule has 16 N–H and O–H groups in total. The summed E-state index contributed by atoms with van der Waals surface area (Å²) in [6.45, 7) is 6.16. The lowest BCUT2D eigenvalue weighted by atomic mass is 9.96. The number of phenolic OH excluding ortho intramolecular Hbond substituents is 1. The number of aliphatic hydroxyl groups is 7. The van der Waals surface area contributed by atoms with Crippen molar-refractivity contribution in [1.29, 1.82) is 0 Å². The number of nitrogens with two attached hydrogens (primary N) is 1. The van der Waals surface area contributed by atoms with Crippen LogP contribution in [0.25, 0.3) is 22.3 Å². The molecule has 484 valence electrons. The number of carbonyl (C=O) groups is 7. The first-order valence-corrected chi connectivity index (χ1v) is 30.0. The van der Waals surface area contributed by atoms with Crippen molar-refractivity contribution in [1.82, 2.24) is 41.7 Å². The maximum absolute atomic E-state index is 14.8. The molecule has 0 radical (unpaired) electrons. The summed E-state index contributed by atoms with van der Waals surface area (Å²) in [6.07, 6.45) is -12.4. The summed E-state index contributed by atoms with van der Waals surface area (Å²) in [7, 11) is 5.63. The number of phenols is 1. The van der Waals surface area contributed by atoms with Crippen LogP contribution in [0, 0.1) is 5.92 Å². The van der Waals surface area contributed by atoms with Gasteiger partial charge in [0.25, 0.3) is 5.91 Å². The van der Waals surface area contributed by atoms with Crippen LogP contribution in [0.15, 0.2) is 91.0 Å². The third-order valence-corrected chi connectivity index (χ3v) is 16.4. The fourth-order valence-electron chi connectivity index (χ4n) is 11.1. The highest BCUT2D eigenvalue weighted by Crippen LogP contribution is 2.31. The van der Waals surface area contributed by atoms with E-state index in [1.165, 1.54) is 19.1 Å². The molecule has 89 heavy (non-hydrogen) atoms. The molecule has 0 aliphatic carbocycles. The fraction of sp³-hybridized carbons (Fsp3) is 0.508. The first kappa shape index (κ1) is 68.7. The van der Waals surface area contributed by atoms with E-state index in [1.807, 2.05) is 69.7 Å². The molecule has 0 saturated carbocycles. The fourth-order valence-corrected chi connectivity index (χ4v) is 11.1. The van der Waals surface area contributed by atoms with E-state index < -0.39 is 158 Å². The van der Waals surface area contributed by atoms with E-state index >= 15 is 0 Å². The third kappa shape index (κ3) is 17.3. The van der Waals surface area contributed by atoms with Gasteiger partial charge in [-0.3, -0.25) is 38.9 Å². The van der Waals surface area contributed by atoms with Gasteiger partial charge in [-0.05, 0) is 84.5 Å². The van der Waals surface area contributed by atoms with Gasteiger partial charge >= 0.3 is 0 Å². The number of aliphatic hydroxyl groups excluding tert-OH is 7. The number of carbonyl (C=O) groups excluding carboxylic acids is 7. The van der Waals surface area contributed by atoms with Gasteiger partial charge in [-0.2, -0.15) is 0 Å². The molecule has 0 spiro atoms. The van der Waals surface area contributed by atoms with Crippen LogP contribution >= 0.6 is 0 Å². The van der Waals surface area contributed by atoms with Gasteiger partial charge in [0.2, 0.25) is 35.4 Å². The van der Waals surface area contributed by atoms with Crippen molar-refractivity contribution in [3.8, 4) is 33.8 Å². The second kappa shape index (κ2) is 30.1. The van der Waals surface area contributed by atoms with E-state index in [9.17, 15) is 74.4 Å². The highest BCUT2D eigenvalue weighted by molar-refractivity contribution is 6.00. The molecule has 0 unspecified atom stereocenters. The van der Waals surface area contributed by atoms with E-state index in [-0.39, 0.29) is 29.9 Å². The standard InChI is InChI=1S/C63H86N10O16/c1-8-9-10-27-89-43-22-19-39(20-23-43)37-13-11-36(12-14-37)38-15-17-40(18-16-38)57(82)66-45-30-48(78)56(65-25-26-73(5,6)7)70-61(86)52-53(79)33(2)31-72(52)63(88)50(35(4)75)68-60(85)51(55(81)54(80)41-21-24-47(77)44(64)28-41)69-59(84)46-29-42(76)32-71(46)62(87)49(34(3)74)67-58(45)83/h11-24,28,33-35,42,45-46,48-56,65,74-76,78-81H,8-10,25-27,29-32,64H2,1-7H3,(H5-,66,67,68,69,70,77,82,83,84,85,86)/p+1/t33-,34+,35+,42+,45-,46-,48+,49-,50-,51-,52-,53-,54-,55-,56-/m0/s1. The Morgan fingerprint density at radius 3 is 1.81 bits per heavy atom. The zero-order chi connectivity index (χ0) is 65.2. The predicted molar refractivity (Wildman–Crippen MR) is 326 cm³/mol. The monoisotopic (exact) mass is 1240 g/mol. The van der Waals surface area contributed by atoms with Crippen molar-refractivity contribution < 1.29 is 83.6 Å². The van der Waals surface area contributed by atoms with Gasteiger partial charge in [-0.15, -0.1) is 0 Å². The summed E-state index contributed by atoms with van der Waals surface area (Å²) in [6, 6.07) is 13.9. The van der Waals surface area contributed by atoms with E-state index in [1.54, 1.807) is 12.1 Å². The number of nitrogen functional groups attached to an aromatic ring is 1. The normalized spacial score (nSPS) is 26.5. The van der Waals surface area contributed by atoms with Gasteiger partial charge in [0.05, 0.1) is 70.5 Å². The third-order valence-electron chi connectivity index (χ3n) is 16.4. The number of anilines is 1. The summed E-state index contributed by atoms with van der Waals surface area (Å²) in [4.78, 5) is 104. The van der Waals surface area contributed by atoms with Crippen LogP contribution in [-0.2, 0) is 28.8 Å². The van der Waals surface area contributed by atoms with Gasteiger partial charge in [0.15, 0.2) is 0 Å². The smallest absolute Gasteiger partial charge is 0.251 e. The zero-order valence-electron chi connectivity index (χ0n) is 51.2. The summed E-state index contributed by atoms with van der Waals surface area (Å²) in [5.41, 5.74) is 9.02. The van der Waals surface area contributed by atoms with Crippen LogP contribution in [0.4, 0.5) is 5.69 Å². The summed E-state index contributed by atoms with van der Waals surface area (Å²) in [5.74, 6) is -8.35. The number of unbranched alkanes of at least 4 members (excludes halogenated alkanes) is 2. The van der Waals surface area contributed by atoms with Crippen LogP contribution in [0.5, 0.6) is 11.5 Å². The lowest BCUT2D eigenvalue weighted by molar-refractivity contribution is -0.869. The number of nitrogens with zero attached hydrogens (tertiary/aromatic N) is 3. The average molecular weight is 1240 g/mol. The highest BCUT2D eigenvalue weighted by atomic mass is 16.5. The van der Waals surface area contributed by atoms with Crippen molar-refractivity contribution in [3.63, 3.8) is 0 Å². The maximum Gasteiger partial charge on any atom is 0.251 e. The zero-order valence-corrected chi connectivity index (χ0v) is 51.2. The molecule has 4 aromatic rings. The molecule has 0 aromatic heterocycles. The Labute approximate surface area is 517 Å². The second-order valence-corrected chi connectivity index (χ2v) is 24.5. The first-order chi connectivity index (χ1) is 42.1. The minimum atomic E-state index is -2.34. The maximum atomic E-state index is 14.8. The molecule has 15 atom stereocenters. The molecule has 26 nitrogen and oxygen atoms in total. The molecule has 3 saturated heterocycles. The molecule has 3 aliphatic rings. The Hall–Kier alpha value is -7.79. The van der Waals surface area contributed by atoms with Gasteiger partial charge in [-0.25, -0.2) is 0 Å². The second-order valence-electron chi connectivity index (χ2n) is 24.5. The Bertz CT molecular complexity index is 3110. The Kier molecular flexibility index (Phi) is 23.3. The molecular formula is C63H87N10O16+. The number of benzene rings is 4. The summed E-state index contributed by atoms with van der Waals surface area (Å²) < 4.78 is 6.26. The molecule has 0 bridgehead atoms. The molecule has 26 heteroatoms. The number of quaternary nitrogens is 1. The van der Waals surface area contributed by atoms with Crippen molar-refractivity contribution >= 4 is 47.0 Å². The number of hydrogen-bond donors (Lipinski definition) is 15. The van der Waals surface area contributed by atoms with Crippen LogP contribution in [0.3, 0.4) is 0 Å². The number of ether oxygens (including phenoxy) is 1. The minimum Gasteiger partial charge on any atom is -0.506 e. The van der Waals surface area contributed by atoms with E-state index in [0.717, 1.165) is 89.1 Å². The molecule has 7 amide bonds. The predicted octanol–water partition coefficient (Wildman–Crippen LogP) is -1.04. The van der Waals surface area contributed by atoms with Gasteiger partial charge in [0.1, 0.15) is 66.1 Å².